The Balaban J connectivity index is 1.41. The maximum atomic E-state index is 12.8. The summed E-state index contributed by atoms with van der Waals surface area (Å²) in [7, 11) is 0. The molecule has 1 fully saturated rings. The zero-order chi connectivity index (χ0) is 18.8. The van der Waals surface area contributed by atoms with Crippen molar-refractivity contribution in [3.05, 3.63) is 66.1 Å². The number of carbonyl (C=O) groups excluding carboxylic acids is 1. The van der Waals surface area contributed by atoms with Crippen LogP contribution in [-0.4, -0.2) is 51.4 Å². The molecule has 1 aliphatic heterocycles. The fraction of sp³-hybridized carbons (Fsp3) is 0.364. The lowest BCUT2D eigenvalue weighted by molar-refractivity contribution is 0.0197. The van der Waals surface area contributed by atoms with Crippen LogP contribution in [0.4, 0.5) is 0 Å². The molecule has 1 amide bonds. The summed E-state index contributed by atoms with van der Waals surface area (Å²) in [5, 5.41) is 1.08. The minimum atomic E-state index is 0.125. The van der Waals surface area contributed by atoms with Gasteiger partial charge in [0.05, 0.1) is 0 Å². The number of hydrogen-bond acceptors (Lipinski definition) is 3. The molecule has 1 aromatic carbocycles. The first kappa shape index (κ1) is 17.7. The molecule has 0 atom stereocenters. The summed E-state index contributed by atoms with van der Waals surface area (Å²) in [5.41, 5.74) is 3.05. The smallest absolute Gasteiger partial charge is 0.253 e. The van der Waals surface area contributed by atoms with E-state index in [2.05, 4.69) is 34.8 Å². The fourth-order valence-electron chi connectivity index (χ4n) is 3.76. The third-order valence-electron chi connectivity index (χ3n) is 5.17. The number of carbonyl (C=O) groups is 1. The minimum Gasteiger partial charge on any atom is -0.361 e. The maximum Gasteiger partial charge on any atom is 0.253 e. The Morgan fingerprint density at radius 2 is 2.15 bits per heavy atom. The molecule has 0 bridgehead atoms. The van der Waals surface area contributed by atoms with Crippen molar-refractivity contribution in [1.29, 1.82) is 0 Å². The van der Waals surface area contributed by atoms with E-state index in [0.717, 1.165) is 42.6 Å². The van der Waals surface area contributed by atoms with Crippen molar-refractivity contribution in [3.8, 4) is 0 Å². The van der Waals surface area contributed by atoms with Crippen molar-refractivity contribution >= 4 is 16.8 Å². The summed E-state index contributed by atoms with van der Waals surface area (Å²) in [6.45, 7) is 7.97. The van der Waals surface area contributed by atoms with Crippen molar-refractivity contribution < 1.29 is 4.79 Å². The van der Waals surface area contributed by atoms with Gasteiger partial charge in [0.2, 0.25) is 0 Å². The van der Waals surface area contributed by atoms with E-state index in [1.165, 1.54) is 5.56 Å². The Morgan fingerprint density at radius 3 is 2.89 bits per heavy atom. The second-order valence-electron chi connectivity index (χ2n) is 7.83. The molecule has 4 rings (SSSR count). The molecule has 5 nitrogen and oxygen atoms in total. The number of rotatable bonds is 6. The highest BCUT2D eigenvalue weighted by Crippen LogP contribution is 2.23. The van der Waals surface area contributed by atoms with E-state index in [1.807, 2.05) is 47.6 Å². The number of benzene rings is 1. The number of pyridine rings is 1. The molecule has 1 N–H and O–H groups in total. The van der Waals surface area contributed by atoms with Gasteiger partial charge in [0.15, 0.2) is 0 Å². The van der Waals surface area contributed by atoms with Gasteiger partial charge < -0.3 is 9.88 Å². The zero-order valence-electron chi connectivity index (χ0n) is 15.9. The highest BCUT2D eigenvalue weighted by molar-refractivity contribution is 5.98. The largest absolute Gasteiger partial charge is 0.361 e. The fourth-order valence-corrected chi connectivity index (χ4v) is 3.76. The third kappa shape index (κ3) is 3.88. The highest BCUT2D eigenvalue weighted by atomic mass is 16.2. The molecule has 1 aliphatic rings. The summed E-state index contributed by atoms with van der Waals surface area (Å²) in [5.74, 6) is 0.711. The van der Waals surface area contributed by atoms with E-state index in [9.17, 15) is 4.79 Å². The van der Waals surface area contributed by atoms with Crippen molar-refractivity contribution in [2.24, 2.45) is 5.92 Å². The van der Waals surface area contributed by atoms with Gasteiger partial charge in [0.25, 0.3) is 5.91 Å². The second kappa shape index (κ2) is 7.53. The molecule has 3 heterocycles. The topological polar surface area (TPSA) is 52.2 Å². The number of fused-ring (bicyclic) bond motifs is 1. The molecular weight excluding hydrogens is 336 g/mol. The molecule has 0 spiro atoms. The number of aromatic nitrogens is 2. The van der Waals surface area contributed by atoms with E-state index in [1.54, 1.807) is 6.20 Å². The van der Waals surface area contributed by atoms with Crippen molar-refractivity contribution in [2.75, 3.05) is 19.6 Å². The first-order chi connectivity index (χ1) is 13.1. The van der Waals surface area contributed by atoms with E-state index in [4.69, 9.17) is 0 Å². The third-order valence-corrected chi connectivity index (χ3v) is 5.17. The van der Waals surface area contributed by atoms with Gasteiger partial charge in [-0.15, -0.1) is 0 Å². The zero-order valence-corrected chi connectivity index (χ0v) is 15.9. The molecular formula is C22H26N4O. The van der Waals surface area contributed by atoms with Crippen molar-refractivity contribution in [2.45, 2.75) is 26.4 Å². The van der Waals surface area contributed by atoms with Crippen molar-refractivity contribution in [1.82, 2.24) is 19.8 Å². The van der Waals surface area contributed by atoms with Gasteiger partial charge in [-0.05, 0) is 41.8 Å². The number of hydrogen-bond donors (Lipinski definition) is 1. The van der Waals surface area contributed by atoms with Crippen LogP contribution in [0, 0.1) is 5.92 Å². The maximum absolute atomic E-state index is 12.8. The van der Waals surface area contributed by atoms with Gasteiger partial charge in [0.1, 0.15) is 0 Å². The van der Waals surface area contributed by atoms with Crippen LogP contribution in [0.15, 0.2) is 55.0 Å². The summed E-state index contributed by atoms with van der Waals surface area (Å²) in [4.78, 5) is 24.7. The van der Waals surface area contributed by atoms with E-state index in [0.29, 0.717) is 12.0 Å². The van der Waals surface area contributed by atoms with Gasteiger partial charge in [-0.2, -0.15) is 0 Å². The highest BCUT2D eigenvalue weighted by Gasteiger charge is 2.35. The molecule has 2 aromatic heterocycles. The van der Waals surface area contributed by atoms with Gasteiger partial charge in [0, 0.05) is 67.3 Å². The molecule has 0 unspecified atom stereocenters. The number of likely N-dealkylation sites (tertiary alicyclic amines) is 1. The molecule has 0 aliphatic carbocycles. The van der Waals surface area contributed by atoms with E-state index < -0.39 is 0 Å². The van der Waals surface area contributed by atoms with Crippen molar-refractivity contribution in [3.63, 3.8) is 0 Å². The summed E-state index contributed by atoms with van der Waals surface area (Å²) in [6, 6.07) is 12.4. The van der Waals surface area contributed by atoms with E-state index in [-0.39, 0.29) is 5.91 Å². The monoisotopic (exact) mass is 362 g/mol. The van der Waals surface area contributed by atoms with Crippen LogP contribution in [0.5, 0.6) is 0 Å². The lowest BCUT2D eigenvalue weighted by Crippen LogP contribution is -2.61. The Bertz CT molecular complexity index is 912. The van der Waals surface area contributed by atoms with Crippen LogP contribution in [-0.2, 0) is 6.54 Å². The van der Waals surface area contributed by atoms with Crippen LogP contribution in [0.25, 0.3) is 10.9 Å². The molecule has 0 radical (unpaired) electrons. The molecule has 5 heteroatoms. The number of aromatic amines is 1. The predicted molar refractivity (Wildman–Crippen MR) is 107 cm³/mol. The lowest BCUT2D eigenvalue weighted by atomic mass is 10.0. The molecule has 1 saturated heterocycles. The van der Waals surface area contributed by atoms with Crippen LogP contribution >= 0.6 is 0 Å². The minimum absolute atomic E-state index is 0.125. The number of nitrogens with zero attached hydrogens (tertiary/aromatic N) is 3. The normalized spacial score (nSPS) is 14.9. The standard InChI is InChI=1S/C22H26N4O/c1-16(2)12-25(13-17-4-3-8-23-11-17)20-14-26(15-20)22(27)19-5-6-21-18(10-19)7-9-24-21/h3-11,16,20,24H,12-15H2,1-2H3. The second-order valence-corrected chi connectivity index (χ2v) is 7.83. The van der Waals surface area contributed by atoms with Gasteiger partial charge in [-0.3, -0.25) is 14.7 Å². The Labute approximate surface area is 160 Å². The number of H-pyrrole nitrogens is 1. The SMILES string of the molecule is CC(C)CN(Cc1cccnc1)C1CN(C(=O)c2ccc3[nH]ccc3c2)C1. The molecule has 140 valence electrons. The van der Waals surface area contributed by atoms with Gasteiger partial charge in [-0.25, -0.2) is 0 Å². The van der Waals surface area contributed by atoms with Crippen LogP contribution in [0.2, 0.25) is 0 Å². The van der Waals surface area contributed by atoms with Crippen LogP contribution in [0.3, 0.4) is 0 Å². The molecule has 3 aromatic rings. The lowest BCUT2D eigenvalue weighted by Gasteiger charge is -2.46. The average Bonchev–Trinajstić information content (AvgIpc) is 3.08. The summed E-state index contributed by atoms with van der Waals surface area (Å²) >= 11 is 0. The quantitative estimate of drug-likeness (QED) is 0.730. The molecule has 0 saturated carbocycles. The summed E-state index contributed by atoms with van der Waals surface area (Å²) < 4.78 is 0. The van der Waals surface area contributed by atoms with Gasteiger partial charge in [-0.1, -0.05) is 19.9 Å². The Hall–Kier alpha value is -2.66. The average molecular weight is 362 g/mol. The summed E-state index contributed by atoms with van der Waals surface area (Å²) in [6.07, 6.45) is 5.64. The number of nitrogens with one attached hydrogen (secondary N) is 1. The number of amides is 1. The Morgan fingerprint density at radius 1 is 1.30 bits per heavy atom. The van der Waals surface area contributed by atoms with E-state index >= 15 is 0 Å². The van der Waals surface area contributed by atoms with Gasteiger partial charge >= 0.3 is 0 Å². The van der Waals surface area contributed by atoms with Crippen LogP contribution < -0.4 is 0 Å². The predicted octanol–water partition coefficient (Wildman–Crippen LogP) is 3.55. The first-order valence-electron chi connectivity index (χ1n) is 9.59. The Kier molecular flexibility index (Phi) is 4.94. The first-order valence-corrected chi connectivity index (χ1v) is 9.59. The molecule has 27 heavy (non-hydrogen) atoms. The van der Waals surface area contributed by atoms with Crippen LogP contribution in [0.1, 0.15) is 29.8 Å².